The Balaban J connectivity index is 1.49. The zero-order chi connectivity index (χ0) is 17.6. The van der Waals surface area contributed by atoms with Crippen LogP contribution in [-0.2, 0) is 14.2 Å². The van der Waals surface area contributed by atoms with Gasteiger partial charge in [0.05, 0.1) is 24.9 Å². The van der Waals surface area contributed by atoms with Crippen molar-refractivity contribution in [3.05, 3.63) is 35.5 Å². The van der Waals surface area contributed by atoms with Crippen molar-refractivity contribution in [2.45, 2.75) is 57.5 Å². The number of ether oxygens (including phenoxy) is 3. The molecule has 2 aliphatic heterocycles. The Morgan fingerprint density at radius 2 is 2.04 bits per heavy atom. The summed E-state index contributed by atoms with van der Waals surface area (Å²) in [6.07, 6.45) is 10.5. The Hall–Kier alpha value is -1.69. The number of nitrogens with zero attached hydrogens (tertiary/aromatic N) is 2. The second-order valence-corrected chi connectivity index (χ2v) is 7.68. The molecule has 0 radical (unpaired) electrons. The molecule has 1 unspecified atom stereocenters. The monoisotopic (exact) mass is 354 g/mol. The van der Waals surface area contributed by atoms with Gasteiger partial charge in [-0.15, -0.1) is 0 Å². The predicted molar refractivity (Wildman–Crippen MR) is 99.8 cm³/mol. The first-order valence-corrected chi connectivity index (χ1v) is 9.81. The lowest BCUT2D eigenvalue weighted by Crippen LogP contribution is -2.31. The van der Waals surface area contributed by atoms with Crippen LogP contribution in [0.3, 0.4) is 0 Å². The van der Waals surface area contributed by atoms with E-state index >= 15 is 0 Å². The fraction of sp³-hybridized carbons (Fsp3) is 0.571. The van der Waals surface area contributed by atoms with E-state index < -0.39 is 0 Å². The van der Waals surface area contributed by atoms with Gasteiger partial charge in [0.1, 0.15) is 0 Å². The quantitative estimate of drug-likeness (QED) is 0.804. The van der Waals surface area contributed by atoms with Gasteiger partial charge < -0.3 is 14.2 Å². The Morgan fingerprint density at radius 1 is 1.15 bits per heavy atom. The van der Waals surface area contributed by atoms with Crippen LogP contribution in [-0.4, -0.2) is 35.4 Å². The van der Waals surface area contributed by atoms with E-state index in [2.05, 4.69) is 34.9 Å². The third kappa shape index (κ3) is 2.79. The summed E-state index contributed by atoms with van der Waals surface area (Å²) in [6, 6.07) is 4.56. The number of allylic oxidation sites excluding steroid dienone is 1. The molecule has 2 fully saturated rings. The number of fused-ring (bicyclic) bond motifs is 1. The maximum Gasteiger partial charge on any atom is 0.172 e. The third-order valence-corrected chi connectivity index (χ3v) is 5.96. The zero-order valence-electron chi connectivity index (χ0n) is 15.4. The molecule has 138 valence electrons. The summed E-state index contributed by atoms with van der Waals surface area (Å²) < 4.78 is 19.7. The maximum absolute atomic E-state index is 5.96. The minimum atomic E-state index is -0.362. The Kier molecular flexibility index (Phi) is 4.11. The molecular formula is C21H26N2O3. The molecule has 3 heterocycles. The van der Waals surface area contributed by atoms with Crippen molar-refractivity contribution in [2.24, 2.45) is 0 Å². The molecule has 5 heteroatoms. The van der Waals surface area contributed by atoms with E-state index in [4.69, 9.17) is 14.2 Å². The molecule has 1 aromatic carbocycles. The molecule has 5 rings (SSSR count). The molecule has 1 aromatic heterocycles. The molecule has 0 amide bonds. The lowest BCUT2D eigenvalue weighted by Gasteiger charge is -2.31. The van der Waals surface area contributed by atoms with Crippen molar-refractivity contribution >= 4 is 16.5 Å². The number of benzene rings is 1. The summed E-state index contributed by atoms with van der Waals surface area (Å²) in [6.45, 7) is 4.46. The molecule has 1 atom stereocenters. The van der Waals surface area contributed by atoms with Crippen LogP contribution in [0.5, 0.6) is 0 Å². The Labute approximate surface area is 153 Å². The van der Waals surface area contributed by atoms with Gasteiger partial charge in [0.25, 0.3) is 0 Å². The van der Waals surface area contributed by atoms with E-state index in [1.807, 2.05) is 6.20 Å². The Morgan fingerprint density at radius 3 is 2.77 bits per heavy atom. The van der Waals surface area contributed by atoms with Gasteiger partial charge >= 0.3 is 0 Å². The molecule has 1 aliphatic carbocycles. The number of aromatic nitrogens is 2. The molecule has 2 aromatic rings. The van der Waals surface area contributed by atoms with Gasteiger partial charge in [-0.25, -0.2) is 4.68 Å². The average Bonchev–Trinajstić information content (AvgIpc) is 3.30. The van der Waals surface area contributed by atoms with Gasteiger partial charge in [0.2, 0.25) is 0 Å². The average molecular weight is 354 g/mol. The molecule has 5 nitrogen and oxygen atoms in total. The number of aryl methyl sites for hydroxylation is 1. The molecule has 0 bridgehead atoms. The minimum Gasteiger partial charge on any atom is -0.356 e. The highest BCUT2D eigenvalue weighted by Gasteiger charge is 2.37. The molecule has 0 saturated carbocycles. The summed E-state index contributed by atoms with van der Waals surface area (Å²) in [5.41, 5.74) is 5.19. The SMILES string of the molecule is Cc1cc2cnn(C3CCCCO3)c2cc1C1=CCC2(CC1)OCCO2. The predicted octanol–water partition coefficient (Wildman–Crippen LogP) is 4.35. The summed E-state index contributed by atoms with van der Waals surface area (Å²) in [4.78, 5) is 0. The molecule has 0 N–H and O–H groups in total. The van der Waals surface area contributed by atoms with Crippen LogP contribution in [0, 0.1) is 6.92 Å². The highest BCUT2D eigenvalue weighted by atomic mass is 16.7. The van der Waals surface area contributed by atoms with Crippen LogP contribution in [0.25, 0.3) is 16.5 Å². The van der Waals surface area contributed by atoms with E-state index in [9.17, 15) is 0 Å². The summed E-state index contributed by atoms with van der Waals surface area (Å²) in [5, 5.41) is 5.83. The summed E-state index contributed by atoms with van der Waals surface area (Å²) >= 11 is 0. The van der Waals surface area contributed by atoms with E-state index in [0.717, 1.165) is 38.7 Å². The lowest BCUT2D eigenvalue weighted by atomic mass is 9.87. The van der Waals surface area contributed by atoms with Crippen LogP contribution in [0.15, 0.2) is 24.4 Å². The van der Waals surface area contributed by atoms with Crippen LogP contribution in [0.2, 0.25) is 0 Å². The molecule has 26 heavy (non-hydrogen) atoms. The molecule has 1 spiro atoms. The van der Waals surface area contributed by atoms with Gasteiger partial charge in [-0.05, 0) is 61.4 Å². The Bertz CT molecular complexity index is 842. The van der Waals surface area contributed by atoms with Crippen molar-refractivity contribution in [2.75, 3.05) is 19.8 Å². The molecular weight excluding hydrogens is 328 g/mol. The van der Waals surface area contributed by atoms with Crippen molar-refractivity contribution < 1.29 is 14.2 Å². The zero-order valence-corrected chi connectivity index (χ0v) is 15.4. The summed E-state index contributed by atoms with van der Waals surface area (Å²) in [7, 11) is 0. The van der Waals surface area contributed by atoms with Gasteiger partial charge in [0.15, 0.2) is 12.0 Å². The second kappa shape index (κ2) is 6.48. The normalized spacial score (nSPS) is 25.7. The number of rotatable bonds is 2. The van der Waals surface area contributed by atoms with E-state index in [1.54, 1.807) is 0 Å². The van der Waals surface area contributed by atoms with Crippen molar-refractivity contribution in [1.82, 2.24) is 9.78 Å². The van der Waals surface area contributed by atoms with E-state index in [1.165, 1.54) is 34.0 Å². The highest BCUT2D eigenvalue weighted by Crippen LogP contribution is 2.40. The van der Waals surface area contributed by atoms with Crippen molar-refractivity contribution in [1.29, 1.82) is 0 Å². The smallest absolute Gasteiger partial charge is 0.172 e. The summed E-state index contributed by atoms with van der Waals surface area (Å²) in [5.74, 6) is -0.362. The van der Waals surface area contributed by atoms with E-state index in [-0.39, 0.29) is 12.0 Å². The van der Waals surface area contributed by atoms with Crippen LogP contribution >= 0.6 is 0 Å². The van der Waals surface area contributed by atoms with Gasteiger partial charge in [-0.3, -0.25) is 0 Å². The first-order valence-electron chi connectivity index (χ1n) is 9.81. The molecule has 3 aliphatic rings. The first kappa shape index (κ1) is 16.5. The number of hydrogen-bond acceptors (Lipinski definition) is 4. The van der Waals surface area contributed by atoms with E-state index in [0.29, 0.717) is 13.2 Å². The van der Waals surface area contributed by atoms with Crippen LogP contribution in [0.4, 0.5) is 0 Å². The fourth-order valence-corrected chi connectivity index (χ4v) is 4.51. The number of hydrogen-bond donors (Lipinski definition) is 0. The van der Waals surface area contributed by atoms with Crippen LogP contribution in [0.1, 0.15) is 55.9 Å². The standard InChI is InChI=1S/C21H26N2O3/c1-15-12-17-14-22-23(20-4-2-3-9-24-20)19(17)13-18(15)16-5-7-21(8-6-16)25-10-11-26-21/h5,12-14,20H,2-4,6-11H2,1H3. The fourth-order valence-electron chi connectivity index (χ4n) is 4.51. The first-order chi connectivity index (χ1) is 12.7. The van der Waals surface area contributed by atoms with Crippen molar-refractivity contribution in [3.63, 3.8) is 0 Å². The van der Waals surface area contributed by atoms with Gasteiger partial charge in [0, 0.05) is 24.8 Å². The van der Waals surface area contributed by atoms with Crippen molar-refractivity contribution in [3.8, 4) is 0 Å². The second-order valence-electron chi connectivity index (χ2n) is 7.68. The van der Waals surface area contributed by atoms with Gasteiger partial charge in [-0.1, -0.05) is 6.08 Å². The molecule has 2 saturated heterocycles. The topological polar surface area (TPSA) is 45.5 Å². The minimum absolute atomic E-state index is 0.0701. The third-order valence-electron chi connectivity index (χ3n) is 5.96. The largest absolute Gasteiger partial charge is 0.356 e. The highest BCUT2D eigenvalue weighted by molar-refractivity contribution is 5.85. The van der Waals surface area contributed by atoms with Crippen LogP contribution < -0.4 is 0 Å². The van der Waals surface area contributed by atoms with Gasteiger partial charge in [-0.2, -0.15) is 5.10 Å². The maximum atomic E-state index is 5.96. The lowest BCUT2D eigenvalue weighted by molar-refractivity contribution is -0.159.